The highest BCUT2D eigenvalue weighted by molar-refractivity contribution is 7.52. The van der Waals surface area contributed by atoms with Crippen LogP contribution in [0.2, 0.25) is 0 Å². The fourth-order valence-electron chi connectivity index (χ4n) is 7.11. The van der Waals surface area contributed by atoms with Gasteiger partial charge in [-0.25, -0.2) is 0 Å². The molecule has 2 aromatic carbocycles. The van der Waals surface area contributed by atoms with Crippen LogP contribution in [0.4, 0.5) is 8.78 Å². The number of carbonyl (C=O) groups is 4. The van der Waals surface area contributed by atoms with Gasteiger partial charge in [0.1, 0.15) is 12.1 Å². The number of carbonyl (C=O) groups excluding carboxylic acids is 4. The van der Waals surface area contributed by atoms with Crippen molar-refractivity contribution >= 4 is 52.6 Å². The maximum atomic E-state index is 14.4. The second-order valence-corrected chi connectivity index (χ2v) is 15.4. The molecular weight excluding hydrogens is 679 g/mol. The zero-order valence-corrected chi connectivity index (χ0v) is 28.1. The number of amides is 4. The molecule has 1 aromatic heterocycles. The number of fused-ring (bicyclic) bond motifs is 2. The van der Waals surface area contributed by atoms with Crippen LogP contribution in [0.15, 0.2) is 54.6 Å². The molecule has 4 amide bonds. The Kier molecular flexibility index (Phi) is 9.36. The Morgan fingerprint density at radius 2 is 1.80 bits per heavy atom. The average Bonchev–Trinajstić information content (AvgIpc) is 3.81. The molecule has 16 heteroatoms. The number of nitrogens with zero attached hydrogens (tertiary/aromatic N) is 4. The Labute approximate surface area is 284 Å². The van der Waals surface area contributed by atoms with E-state index in [1.54, 1.807) is 4.90 Å². The molecule has 3 N–H and O–H groups in total. The Balaban J connectivity index is 1.27. The van der Waals surface area contributed by atoms with Gasteiger partial charge in [0.2, 0.25) is 17.7 Å². The molecule has 49 heavy (non-hydrogen) atoms. The van der Waals surface area contributed by atoms with Crippen LogP contribution < -0.4 is 5.32 Å². The van der Waals surface area contributed by atoms with Gasteiger partial charge in [0.15, 0.2) is 0 Å². The first-order valence-corrected chi connectivity index (χ1v) is 18.2. The summed E-state index contributed by atoms with van der Waals surface area (Å²) in [5.74, 6) is -2.19. The monoisotopic (exact) mass is 713 g/mol. The first-order chi connectivity index (χ1) is 23.2. The lowest BCUT2D eigenvalue weighted by atomic mass is 10.0. The topological polar surface area (TPSA) is 171 Å². The second kappa shape index (κ2) is 13.2. The van der Waals surface area contributed by atoms with Gasteiger partial charge < -0.3 is 29.8 Å². The number of alkyl halides is 2. The summed E-state index contributed by atoms with van der Waals surface area (Å²) in [4.78, 5) is 77.7. The van der Waals surface area contributed by atoms with E-state index in [-0.39, 0.29) is 53.2 Å². The second-order valence-electron chi connectivity index (χ2n) is 12.7. The van der Waals surface area contributed by atoms with E-state index < -0.39 is 42.7 Å². The summed E-state index contributed by atoms with van der Waals surface area (Å²) in [6, 6.07) is 13.2. The number of nitrogens with one attached hydrogen (secondary N) is 1. The number of hydrogen-bond donors (Lipinski definition) is 3. The van der Waals surface area contributed by atoms with Crippen LogP contribution in [0.25, 0.3) is 10.1 Å². The van der Waals surface area contributed by atoms with Crippen molar-refractivity contribution < 1.29 is 42.3 Å². The maximum absolute atomic E-state index is 14.4. The number of halogens is 2. The molecule has 0 spiro atoms. The molecule has 3 aliphatic heterocycles. The standard InChI is InChI=1S/C33H34F2N5O7PS/c1-19(41)38-12-11-24-8-9-26(32(44)39-17-20(16-36)13-27(39)21-5-3-2-4-6-21)40(24)31(43)25(18-38)37-30(42)29-15-22-14-23(7-10-28(22)49-29)33(34,35)48(45,46)47/h2-7,10,14-15,20,24-27H,8-9,11-13,17-18H2,1H3,(H,37,42)(H2,45,46,47)/t20-,24+,25-,26-,27+/m0/s1. The van der Waals surface area contributed by atoms with Gasteiger partial charge in [0.05, 0.1) is 22.9 Å². The summed E-state index contributed by atoms with van der Waals surface area (Å²) in [5.41, 5.74) is -4.45. The minimum atomic E-state index is -5.81. The highest BCUT2D eigenvalue weighted by Gasteiger charge is 2.51. The predicted octanol–water partition coefficient (Wildman–Crippen LogP) is 3.95. The number of nitriles is 1. The van der Waals surface area contributed by atoms with Crippen molar-refractivity contribution in [2.75, 3.05) is 19.6 Å². The van der Waals surface area contributed by atoms with Crippen LogP contribution >= 0.6 is 18.9 Å². The van der Waals surface area contributed by atoms with Crippen molar-refractivity contribution in [2.24, 2.45) is 5.92 Å². The van der Waals surface area contributed by atoms with E-state index in [9.17, 15) is 37.8 Å². The largest absolute Gasteiger partial charge is 0.399 e. The van der Waals surface area contributed by atoms with Crippen LogP contribution in [0.1, 0.15) is 59.4 Å². The summed E-state index contributed by atoms with van der Waals surface area (Å²) < 4.78 is 40.5. The zero-order chi connectivity index (χ0) is 35.2. The van der Waals surface area contributed by atoms with Crippen molar-refractivity contribution in [3.05, 3.63) is 70.6 Å². The maximum Gasteiger partial charge on any atom is 0.399 e. The molecule has 3 saturated heterocycles. The van der Waals surface area contributed by atoms with Gasteiger partial charge in [0, 0.05) is 42.9 Å². The first kappa shape index (κ1) is 34.6. The fourth-order valence-corrected chi connectivity index (χ4v) is 8.53. The molecular formula is C33H34F2N5O7PS. The summed E-state index contributed by atoms with van der Waals surface area (Å²) in [5, 5.41) is 12.6. The average molecular weight is 714 g/mol. The summed E-state index contributed by atoms with van der Waals surface area (Å²) in [7, 11) is -5.81. The van der Waals surface area contributed by atoms with E-state index >= 15 is 0 Å². The third kappa shape index (κ3) is 6.58. The van der Waals surface area contributed by atoms with Crippen molar-refractivity contribution in [2.45, 2.75) is 62.4 Å². The third-order valence-corrected chi connectivity index (χ3v) is 11.7. The smallest absolute Gasteiger partial charge is 0.340 e. The number of rotatable bonds is 6. The SMILES string of the molecule is CC(=O)N1CC[C@H]2CC[C@@H](C(=O)N3C[C@H](C#N)C[C@@H]3c3ccccc3)N2C(=O)[C@@H](NC(=O)c2cc3cc(C(F)(F)P(=O)(O)O)ccc3s2)C1. The van der Waals surface area contributed by atoms with Crippen molar-refractivity contribution in [3.8, 4) is 6.07 Å². The summed E-state index contributed by atoms with van der Waals surface area (Å²) in [6.07, 6.45) is 1.80. The molecule has 3 fully saturated rings. The van der Waals surface area contributed by atoms with Gasteiger partial charge in [-0.15, -0.1) is 11.3 Å². The zero-order valence-electron chi connectivity index (χ0n) is 26.4. The molecule has 5 atom stereocenters. The van der Waals surface area contributed by atoms with Crippen molar-refractivity contribution in [3.63, 3.8) is 0 Å². The molecule has 0 unspecified atom stereocenters. The molecule has 3 aliphatic rings. The quantitative estimate of drug-likeness (QED) is 0.323. The van der Waals surface area contributed by atoms with Crippen molar-refractivity contribution in [1.82, 2.24) is 20.0 Å². The number of benzene rings is 2. The van der Waals surface area contributed by atoms with Crippen LogP contribution in [0.5, 0.6) is 0 Å². The van der Waals surface area contributed by atoms with Crippen LogP contribution in [-0.4, -0.2) is 85.9 Å². The number of hydrogen-bond acceptors (Lipinski definition) is 7. The Hall–Kier alpha value is -4.22. The Morgan fingerprint density at radius 1 is 1.06 bits per heavy atom. The third-order valence-electron chi connectivity index (χ3n) is 9.63. The van der Waals surface area contributed by atoms with E-state index in [2.05, 4.69) is 11.4 Å². The number of thiophene rings is 1. The van der Waals surface area contributed by atoms with Gasteiger partial charge in [0.25, 0.3) is 5.91 Å². The molecule has 258 valence electrons. The first-order valence-electron chi connectivity index (χ1n) is 15.8. The molecule has 12 nitrogen and oxygen atoms in total. The van der Waals surface area contributed by atoms with Gasteiger partial charge in [-0.2, -0.15) is 14.0 Å². The van der Waals surface area contributed by atoms with Crippen LogP contribution in [-0.2, 0) is 24.6 Å². The molecule has 4 heterocycles. The minimum absolute atomic E-state index is 0.0480. The highest BCUT2D eigenvalue weighted by atomic mass is 32.1. The van der Waals surface area contributed by atoms with Gasteiger partial charge >= 0.3 is 13.3 Å². The predicted molar refractivity (Wildman–Crippen MR) is 174 cm³/mol. The molecule has 0 radical (unpaired) electrons. The lowest BCUT2D eigenvalue weighted by Crippen LogP contribution is -2.61. The summed E-state index contributed by atoms with van der Waals surface area (Å²) >= 11 is 0.937. The van der Waals surface area contributed by atoms with Gasteiger partial charge in [-0.05, 0) is 54.8 Å². The molecule has 3 aromatic rings. The lowest BCUT2D eigenvalue weighted by Gasteiger charge is -2.39. The van der Waals surface area contributed by atoms with E-state index in [4.69, 9.17) is 9.79 Å². The molecule has 0 saturated carbocycles. The molecule has 6 rings (SSSR count). The van der Waals surface area contributed by atoms with E-state index in [1.165, 1.54) is 28.9 Å². The van der Waals surface area contributed by atoms with Crippen molar-refractivity contribution in [1.29, 1.82) is 5.26 Å². The lowest BCUT2D eigenvalue weighted by molar-refractivity contribution is -0.149. The normalized spacial score (nSPS) is 24.7. The van der Waals surface area contributed by atoms with Gasteiger partial charge in [-0.3, -0.25) is 23.7 Å². The van der Waals surface area contributed by atoms with Crippen LogP contribution in [0.3, 0.4) is 0 Å². The molecule has 0 aliphatic carbocycles. The van der Waals surface area contributed by atoms with E-state index in [0.29, 0.717) is 36.9 Å². The van der Waals surface area contributed by atoms with E-state index in [0.717, 1.165) is 29.0 Å². The fraction of sp³-hybridized carbons (Fsp3) is 0.424. The van der Waals surface area contributed by atoms with E-state index in [1.807, 2.05) is 30.3 Å². The minimum Gasteiger partial charge on any atom is -0.340 e. The Bertz CT molecular complexity index is 1900. The highest BCUT2D eigenvalue weighted by Crippen LogP contribution is 2.59. The number of likely N-dealkylation sites (tertiary alicyclic amines) is 1. The van der Waals surface area contributed by atoms with Crippen LogP contribution in [0, 0.1) is 17.2 Å². The summed E-state index contributed by atoms with van der Waals surface area (Å²) in [6.45, 7) is 1.73. The molecule has 0 bridgehead atoms. The van der Waals surface area contributed by atoms with Gasteiger partial charge in [-0.1, -0.05) is 36.4 Å². The Morgan fingerprint density at radius 3 is 2.47 bits per heavy atom.